The molecule has 7 nitrogen and oxygen atoms in total. The van der Waals surface area contributed by atoms with Crippen molar-refractivity contribution in [3.63, 3.8) is 0 Å². The molecule has 0 unspecified atom stereocenters. The molecule has 0 spiro atoms. The molecule has 29 heavy (non-hydrogen) atoms. The third kappa shape index (κ3) is 5.36. The van der Waals surface area contributed by atoms with Gasteiger partial charge < -0.3 is 14.6 Å². The van der Waals surface area contributed by atoms with E-state index in [2.05, 4.69) is 10.2 Å². The van der Waals surface area contributed by atoms with Crippen molar-refractivity contribution in [3.05, 3.63) is 54.6 Å². The van der Waals surface area contributed by atoms with Crippen molar-refractivity contribution in [2.24, 2.45) is 0 Å². The lowest BCUT2D eigenvalue weighted by atomic mass is 10.2. The Balaban J connectivity index is 1.84. The van der Waals surface area contributed by atoms with E-state index in [0.717, 1.165) is 22.8 Å². The van der Waals surface area contributed by atoms with Crippen molar-refractivity contribution >= 4 is 17.7 Å². The third-order valence-electron chi connectivity index (χ3n) is 3.97. The number of hydrogen-bond acceptors (Lipinski definition) is 7. The fourth-order valence-corrected chi connectivity index (χ4v) is 3.39. The zero-order chi connectivity index (χ0) is 20.6. The van der Waals surface area contributed by atoms with E-state index in [1.165, 1.54) is 18.7 Å². The SMILES string of the molecule is CCOc1ccc(-n2c(SCCOC(=O)[C@@H](C)O)nnc2-c2ccccc2)cc1. The van der Waals surface area contributed by atoms with Crippen LogP contribution < -0.4 is 4.74 Å². The van der Waals surface area contributed by atoms with Gasteiger partial charge in [-0.15, -0.1) is 10.2 Å². The molecule has 3 aromatic rings. The average molecular weight is 413 g/mol. The van der Waals surface area contributed by atoms with Crippen LogP contribution in [0.1, 0.15) is 13.8 Å². The summed E-state index contributed by atoms with van der Waals surface area (Å²) < 4.78 is 12.5. The van der Waals surface area contributed by atoms with Gasteiger partial charge in [0.05, 0.1) is 6.61 Å². The summed E-state index contributed by atoms with van der Waals surface area (Å²) in [6, 6.07) is 17.6. The number of esters is 1. The van der Waals surface area contributed by atoms with Gasteiger partial charge in [-0.05, 0) is 38.1 Å². The number of hydrogen-bond donors (Lipinski definition) is 1. The molecule has 0 saturated carbocycles. The Morgan fingerprint density at radius 3 is 2.52 bits per heavy atom. The topological polar surface area (TPSA) is 86.5 Å². The summed E-state index contributed by atoms with van der Waals surface area (Å²) in [5.74, 6) is 1.37. The molecule has 8 heteroatoms. The van der Waals surface area contributed by atoms with Crippen LogP contribution in [-0.4, -0.2) is 50.9 Å². The molecule has 1 aromatic heterocycles. The summed E-state index contributed by atoms with van der Waals surface area (Å²) in [5, 5.41) is 18.6. The Labute approximate surface area is 173 Å². The van der Waals surface area contributed by atoms with Gasteiger partial charge in [-0.2, -0.15) is 0 Å². The van der Waals surface area contributed by atoms with E-state index in [-0.39, 0.29) is 6.61 Å². The number of rotatable bonds is 9. The predicted octanol–water partition coefficient (Wildman–Crippen LogP) is 3.35. The van der Waals surface area contributed by atoms with Gasteiger partial charge in [-0.3, -0.25) is 4.57 Å². The van der Waals surface area contributed by atoms with Crippen molar-refractivity contribution < 1.29 is 19.4 Å². The molecular weight excluding hydrogens is 390 g/mol. The summed E-state index contributed by atoms with van der Waals surface area (Å²) in [6.45, 7) is 4.10. The van der Waals surface area contributed by atoms with Crippen molar-refractivity contribution in [3.8, 4) is 22.8 Å². The second-order valence-corrected chi connectivity index (χ2v) is 7.19. The van der Waals surface area contributed by atoms with Crippen LogP contribution in [0.4, 0.5) is 0 Å². The van der Waals surface area contributed by atoms with Gasteiger partial charge in [0.25, 0.3) is 0 Å². The van der Waals surface area contributed by atoms with E-state index in [9.17, 15) is 9.90 Å². The Bertz CT molecular complexity index is 927. The lowest BCUT2D eigenvalue weighted by molar-refractivity contribution is -0.151. The Morgan fingerprint density at radius 1 is 1.14 bits per heavy atom. The van der Waals surface area contributed by atoms with Crippen molar-refractivity contribution in [1.29, 1.82) is 0 Å². The van der Waals surface area contributed by atoms with Crippen LogP contribution in [-0.2, 0) is 9.53 Å². The number of nitrogens with zero attached hydrogens (tertiary/aromatic N) is 3. The summed E-state index contributed by atoms with van der Waals surface area (Å²) >= 11 is 1.42. The van der Waals surface area contributed by atoms with E-state index in [4.69, 9.17) is 9.47 Å². The number of aliphatic hydroxyl groups excluding tert-OH is 1. The van der Waals surface area contributed by atoms with E-state index in [1.54, 1.807) is 0 Å². The first kappa shape index (κ1) is 20.9. The molecule has 1 N–H and O–H groups in total. The zero-order valence-electron chi connectivity index (χ0n) is 16.3. The van der Waals surface area contributed by atoms with Crippen LogP contribution in [0.3, 0.4) is 0 Å². The summed E-state index contributed by atoms with van der Waals surface area (Å²) in [5.41, 5.74) is 1.85. The molecule has 0 aliphatic carbocycles. The summed E-state index contributed by atoms with van der Waals surface area (Å²) in [7, 11) is 0. The van der Waals surface area contributed by atoms with E-state index >= 15 is 0 Å². The highest BCUT2D eigenvalue weighted by atomic mass is 32.2. The normalized spacial score (nSPS) is 11.8. The fourth-order valence-electron chi connectivity index (χ4n) is 2.62. The summed E-state index contributed by atoms with van der Waals surface area (Å²) in [6.07, 6.45) is -1.13. The molecule has 3 rings (SSSR count). The van der Waals surface area contributed by atoms with Gasteiger partial charge in [0.15, 0.2) is 11.0 Å². The molecular formula is C21H23N3O4S. The van der Waals surface area contributed by atoms with Crippen LogP contribution in [0.15, 0.2) is 59.8 Å². The number of thioether (sulfide) groups is 1. The van der Waals surface area contributed by atoms with Crippen molar-refractivity contribution in [2.45, 2.75) is 25.1 Å². The Hall–Kier alpha value is -2.84. The molecule has 1 heterocycles. The maximum Gasteiger partial charge on any atom is 0.334 e. The van der Waals surface area contributed by atoms with Gasteiger partial charge in [0.1, 0.15) is 18.5 Å². The summed E-state index contributed by atoms with van der Waals surface area (Å²) in [4.78, 5) is 11.4. The molecule has 1 atom stereocenters. The number of benzene rings is 2. The van der Waals surface area contributed by atoms with E-state index < -0.39 is 12.1 Å². The van der Waals surface area contributed by atoms with E-state index in [1.807, 2.05) is 66.1 Å². The van der Waals surface area contributed by atoms with Gasteiger partial charge >= 0.3 is 5.97 Å². The van der Waals surface area contributed by atoms with Crippen molar-refractivity contribution in [2.75, 3.05) is 19.0 Å². The Kier molecular flexibility index (Phi) is 7.26. The number of ether oxygens (including phenoxy) is 2. The predicted molar refractivity (Wildman–Crippen MR) is 111 cm³/mol. The molecule has 2 aromatic carbocycles. The standard InChI is InChI=1S/C21H23N3O4S/c1-3-27-18-11-9-17(10-12-18)24-19(16-7-5-4-6-8-16)22-23-21(24)29-14-13-28-20(26)15(2)25/h4-12,15,25H,3,13-14H2,1-2H3/t15-/m1/s1. The van der Waals surface area contributed by atoms with Gasteiger partial charge in [-0.1, -0.05) is 42.1 Å². The highest BCUT2D eigenvalue weighted by molar-refractivity contribution is 7.99. The Morgan fingerprint density at radius 2 is 1.86 bits per heavy atom. The monoisotopic (exact) mass is 413 g/mol. The number of aliphatic hydroxyl groups is 1. The largest absolute Gasteiger partial charge is 0.494 e. The second kappa shape index (κ2) is 10.1. The maximum absolute atomic E-state index is 11.4. The van der Waals surface area contributed by atoms with E-state index in [0.29, 0.717) is 17.5 Å². The van der Waals surface area contributed by atoms with Gasteiger partial charge in [0, 0.05) is 17.0 Å². The lowest BCUT2D eigenvalue weighted by Crippen LogP contribution is -2.20. The highest BCUT2D eigenvalue weighted by Gasteiger charge is 2.17. The molecule has 0 saturated heterocycles. The minimum absolute atomic E-state index is 0.172. The highest BCUT2D eigenvalue weighted by Crippen LogP contribution is 2.28. The molecule has 152 valence electrons. The van der Waals surface area contributed by atoms with Crippen LogP contribution in [0.25, 0.3) is 17.1 Å². The third-order valence-corrected chi connectivity index (χ3v) is 4.86. The fraction of sp³-hybridized carbons (Fsp3) is 0.286. The van der Waals surface area contributed by atoms with Crippen LogP contribution in [0.5, 0.6) is 5.75 Å². The minimum atomic E-state index is -1.13. The van der Waals surface area contributed by atoms with Gasteiger partial charge in [-0.25, -0.2) is 4.79 Å². The molecule has 0 bridgehead atoms. The van der Waals surface area contributed by atoms with Crippen molar-refractivity contribution in [1.82, 2.24) is 14.8 Å². The average Bonchev–Trinajstić information content (AvgIpc) is 3.16. The lowest BCUT2D eigenvalue weighted by Gasteiger charge is -2.12. The first-order valence-corrected chi connectivity index (χ1v) is 10.3. The van der Waals surface area contributed by atoms with Crippen LogP contribution in [0.2, 0.25) is 0 Å². The molecule has 0 aliphatic rings. The zero-order valence-corrected chi connectivity index (χ0v) is 17.1. The minimum Gasteiger partial charge on any atom is -0.494 e. The molecule has 0 aliphatic heterocycles. The second-order valence-electron chi connectivity index (χ2n) is 6.13. The molecule has 0 amide bonds. The van der Waals surface area contributed by atoms with Crippen LogP contribution in [0, 0.1) is 0 Å². The number of aromatic nitrogens is 3. The first-order chi connectivity index (χ1) is 14.1. The smallest absolute Gasteiger partial charge is 0.334 e. The first-order valence-electron chi connectivity index (χ1n) is 9.31. The number of carbonyl (C=O) groups is 1. The van der Waals surface area contributed by atoms with Crippen LogP contribution >= 0.6 is 11.8 Å². The number of carbonyl (C=O) groups excluding carboxylic acids is 1. The maximum atomic E-state index is 11.4. The molecule has 0 radical (unpaired) electrons. The quantitative estimate of drug-likeness (QED) is 0.327. The molecule has 0 fully saturated rings. The van der Waals surface area contributed by atoms with Gasteiger partial charge in [0.2, 0.25) is 0 Å².